The van der Waals surface area contributed by atoms with Gasteiger partial charge in [0.15, 0.2) is 0 Å². The van der Waals surface area contributed by atoms with Crippen LogP contribution in [0, 0.1) is 0 Å². The molecule has 0 fully saturated rings. The van der Waals surface area contributed by atoms with E-state index in [0.717, 1.165) is 17.8 Å². The van der Waals surface area contributed by atoms with Gasteiger partial charge in [-0.05, 0) is 25.8 Å². The molecule has 1 aliphatic heterocycles. The molecule has 0 radical (unpaired) electrons. The number of rotatable bonds is 2. The maximum Gasteiger partial charge on any atom is 0.101 e. The molecular weight excluding hydrogens is 166 g/mol. The van der Waals surface area contributed by atoms with Crippen molar-refractivity contribution in [3.63, 3.8) is 0 Å². The summed E-state index contributed by atoms with van der Waals surface area (Å²) in [6.07, 6.45) is 6.28. The Kier molecular flexibility index (Phi) is 3.04. The van der Waals surface area contributed by atoms with Crippen LogP contribution < -0.4 is 0 Å². The average molecular weight is 181 g/mol. The zero-order chi connectivity index (χ0) is 9.14. The van der Waals surface area contributed by atoms with Crippen molar-refractivity contribution in [3.05, 3.63) is 24.3 Å². The average Bonchev–Trinajstić information content (AvgIpc) is 1.98. The van der Waals surface area contributed by atoms with Crippen molar-refractivity contribution in [1.29, 1.82) is 0 Å². The second kappa shape index (κ2) is 3.85. The largest absolute Gasteiger partial charge is 0.362 e. The lowest BCUT2D eigenvalue weighted by atomic mass is 10.0. The van der Waals surface area contributed by atoms with Gasteiger partial charge in [-0.15, -0.1) is 6.58 Å². The fourth-order valence-electron chi connectivity index (χ4n) is 1.40. The molecule has 66 valence electrons. The van der Waals surface area contributed by atoms with Crippen LogP contribution in [0.3, 0.4) is 0 Å². The van der Waals surface area contributed by atoms with E-state index in [-0.39, 0.29) is 0 Å². The van der Waals surface area contributed by atoms with Gasteiger partial charge in [0, 0.05) is 13.1 Å². The van der Waals surface area contributed by atoms with Crippen molar-refractivity contribution in [3.8, 4) is 0 Å². The Bertz CT molecular complexity index is 230. The van der Waals surface area contributed by atoms with Crippen molar-refractivity contribution in [2.45, 2.75) is 25.8 Å². The number of thiocarbonyl (C=S) groups is 1. The summed E-state index contributed by atoms with van der Waals surface area (Å²) in [7, 11) is 2.06. The molecule has 0 aromatic carbocycles. The van der Waals surface area contributed by atoms with Gasteiger partial charge in [-0.1, -0.05) is 23.9 Å². The van der Waals surface area contributed by atoms with Crippen molar-refractivity contribution >= 4 is 17.2 Å². The first-order valence-electron chi connectivity index (χ1n) is 4.19. The Labute approximate surface area is 79.8 Å². The van der Waals surface area contributed by atoms with Gasteiger partial charge < -0.3 is 4.90 Å². The van der Waals surface area contributed by atoms with Gasteiger partial charge in [0.1, 0.15) is 4.99 Å². The summed E-state index contributed by atoms with van der Waals surface area (Å²) in [6, 6.07) is 0.528. The first-order chi connectivity index (χ1) is 5.61. The summed E-state index contributed by atoms with van der Waals surface area (Å²) >= 11 is 5.17. The van der Waals surface area contributed by atoms with E-state index in [4.69, 9.17) is 12.2 Å². The lowest BCUT2D eigenvalue weighted by Gasteiger charge is -2.31. The highest BCUT2D eigenvalue weighted by molar-refractivity contribution is 7.80. The SMILES string of the molecule is C=C(C)CC1CC=CC(=S)N1C. The molecule has 0 aromatic rings. The summed E-state index contributed by atoms with van der Waals surface area (Å²) < 4.78 is 0. The van der Waals surface area contributed by atoms with E-state index in [2.05, 4.69) is 31.5 Å². The van der Waals surface area contributed by atoms with Gasteiger partial charge in [-0.25, -0.2) is 0 Å². The van der Waals surface area contributed by atoms with Crippen LogP contribution in [0.15, 0.2) is 24.3 Å². The van der Waals surface area contributed by atoms with Crippen molar-refractivity contribution in [2.24, 2.45) is 0 Å². The number of hydrogen-bond acceptors (Lipinski definition) is 1. The van der Waals surface area contributed by atoms with Crippen LogP contribution >= 0.6 is 12.2 Å². The Hall–Kier alpha value is -0.630. The Morgan fingerprint density at radius 2 is 2.50 bits per heavy atom. The zero-order valence-electron chi connectivity index (χ0n) is 7.71. The fraction of sp³-hybridized carbons (Fsp3) is 0.500. The monoisotopic (exact) mass is 181 g/mol. The van der Waals surface area contributed by atoms with Crippen LogP contribution in [-0.4, -0.2) is 23.0 Å². The summed E-state index contributed by atoms with van der Waals surface area (Å²) in [5.41, 5.74) is 1.23. The summed E-state index contributed by atoms with van der Waals surface area (Å²) in [4.78, 5) is 3.09. The molecule has 0 aliphatic carbocycles. The first-order valence-corrected chi connectivity index (χ1v) is 4.60. The normalized spacial score (nSPS) is 23.0. The highest BCUT2D eigenvalue weighted by Gasteiger charge is 2.17. The predicted molar refractivity (Wildman–Crippen MR) is 57.3 cm³/mol. The van der Waals surface area contributed by atoms with Gasteiger partial charge in [0.05, 0.1) is 0 Å². The van der Waals surface area contributed by atoms with Crippen LogP contribution in [0.1, 0.15) is 19.8 Å². The second-order valence-corrected chi connectivity index (χ2v) is 3.82. The van der Waals surface area contributed by atoms with Crippen molar-refractivity contribution < 1.29 is 0 Å². The van der Waals surface area contributed by atoms with Crippen molar-refractivity contribution in [1.82, 2.24) is 4.90 Å². The molecule has 1 nitrogen and oxygen atoms in total. The maximum atomic E-state index is 5.17. The lowest BCUT2D eigenvalue weighted by molar-refractivity contribution is 0.364. The molecule has 0 bridgehead atoms. The second-order valence-electron chi connectivity index (χ2n) is 3.40. The van der Waals surface area contributed by atoms with Gasteiger partial charge in [-0.2, -0.15) is 0 Å². The number of hydrogen-bond donors (Lipinski definition) is 0. The van der Waals surface area contributed by atoms with Gasteiger partial charge >= 0.3 is 0 Å². The summed E-state index contributed by atoms with van der Waals surface area (Å²) in [5.74, 6) is 0. The van der Waals surface area contributed by atoms with Gasteiger partial charge in [-0.3, -0.25) is 0 Å². The van der Waals surface area contributed by atoms with Crippen molar-refractivity contribution in [2.75, 3.05) is 7.05 Å². The molecule has 1 unspecified atom stereocenters. The molecule has 2 heteroatoms. The van der Waals surface area contributed by atoms with Crippen LogP contribution in [0.2, 0.25) is 0 Å². The Morgan fingerprint density at radius 3 is 3.08 bits per heavy atom. The number of likely N-dealkylation sites (N-methyl/N-ethyl adjacent to an activating group) is 1. The maximum absolute atomic E-state index is 5.17. The van der Waals surface area contributed by atoms with E-state index in [1.165, 1.54) is 5.57 Å². The smallest absolute Gasteiger partial charge is 0.101 e. The highest BCUT2D eigenvalue weighted by atomic mass is 32.1. The molecule has 0 N–H and O–H groups in total. The van der Waals surface area contributed by atoms with E-state index in [9.17, 15) is 0 Å². The molecule has 0 saturated carbocycles. The molecule has 12 heavy (non-hydrogen) atoms. The minimum atomic E-state index is 0.528. The van der Waals surface area contributed by atoms with Gasteiger partial charge in [0.2, 0.25) is 0 Å². The molecular formula is C10H15NS. The third-order valence-corrected chi connectivity index (χ3v) is 2.57. The zero-order valence-corrected chi connectivity index (χ0v) is 8.53. The van der Waals surface area contributed by atoms with Crippen LogP contribution in [-0.2, 0) is 0 Å². The van der Waals surface area contributed by atoms with Crippen LogP contribution in [0.5, 0.6) is 0 Å². The highest BCUT2D eigenvalue weighted by Crippen LogP contribution is 2.17. The molecule has 0 spiro atoms. The van der Waals surface area contributed by atoms with E-state index < -0.39 is 0 Å². The molecule has 0 amide bonds. The number of nitrogens with zero attached hydrogens (tertiary/aromatic N) is 1. The lowest BCUT2D eigenvalue weighted by Crippen LogP contribution is -2.37. The van der Waals surface area contributed by atoms with E-state index in [1.807, 2.05) is 6.08 Å². The van der Waals surface area contributed by atoms with E-state index in [0.29, 0.717) is 6.04 Å². The molecule has 0 aromatic heterocycles. The summed E-state index contributed by atoms with van der Waals surface area (Å²) in [5, 5.41) is 0. The molecule has 1 atom stereocenters. The Balaban J connectivity index is 2.61. The third-order valence-electron chi connectivity index (χ3n) is 2.15. The quantitative estimate of drug-likeness (QED) is 0.476. The van der Waals surface area contributed by atoms with Crippen LogP contribution in [0.25, 0.3) is 0 Å². The standard InChI is InChI=1S/C10H15NS/c1-8(2)7-9-5-4-6-10(12)11(9)3/h4,6,9H,1,5,7H2,2-3H3. The van der Waals surface area contributed by atoms with E-state index >= 15 is 0 Å². The van der Waals surface area contributed by atoms with Gasteiger partial charge in [0.25, 0.3) is 0 Å². The molecule has 1 heterocycles. The molecule has 1 rings (SSSR count). The Morgan fingerprint density at radius 1 is 1.83 bits per heavy atom. The third kappa shape index (κ3) is 2.18. The topological polar surface area (TPSA) is 3.24 Å². The van der Waals surface area contributed by atoms with Crippen LogP contribution in [0.4, 0.5) is 0 Å². The summed E-state index contributed by atoms with van der Waals surface area (Å²) in [6.45, 7) is 5.98. The fourth-order valence-corrected chi connectivity index (χ4v) is 1.65. The minimum absolute atomic E-state index is 0.528. The van der Waals surface area contributed by atoms with E-state index in [1.54, 1.807) is 0 Å². The molecule has 1 aliphatic rings. The predicted octanol–water partition coefficient (Wildman–Crippen LogP) is 2.54. The molecule has 0 saturated heterocycles. The minimum Gasteiger partial charge on any atom is -0.362 e. The first kappa shape index (κ1) is 9.46.